The molecule has 1 aliphatic heterocycles. The van der Waals surface area contributed by atoms with E-state index in [0.29, 0.717) is 0 Å². The molecule has 1 saturated heterocycles. The zero-order chi connectivity index (χ0) is 20.8. The van der Waals surface area contributed by atoms with Gasteiger partial charge in [-0.2, -0.15) is 0 Å². The minimum absolute atomic E-state index is 0.102. The highest BCUT2D eigenvalue weighted by Crippen LogP contribution is 2.26. The average molecular weight is 400 g/mol. The Morgan fingerprint density at radius 3 is 2.00 bits per heavy atom. The van der Waals surface area contributed by atoms with E-state index in [1.807, 2.05) is 60.7 Å². The van der Waals surface area contributed by atoms with Crippen LogP contribution in [0.4, 0.5) is 0 Å². The Bertz CT molecular complexity index is 903. The molecule has 0 aromatic heterocycles. The molecule has 1 unspecified atom stereocenters. The van der Waals surface area contributed by atoms with Crippen molar-refractivity contribution in [2.24, 2.45) is 0 Å². The van der Waals surface area contributed by atoms with Gasteiger partial charge in [-0.15, -0.1) is 0 Å². The molecule has 3 aromatic rings. The van der Waals surface area contributed by atoms with Crippen molar-refractivity contribution in [1.82, 2.24) is 5.32 Å². The largest absolute Gasteiger partial charge is 0.347 e. The van der Waals surface area contributed by atoms with Crippen LogP contribution in [-0.2, 0) is 11.3 Å². The van der Waals surface area contributed by atoms with Crippen LogP contribution in [0, 0.1) is 0 Å². The monoisotopic (exact) mass is 399 g/mol. The second kappa shape index (κ2) is 9.27. The fraction of sp³-hybridized carbons (Fsp3) is 0.296. The molecule has 1 N–H and O–H groups in total. The van der Waals surface area contributed by atoms with Crippen LogP contribution in [0.25, 0.3) is 0 Å². The quantitative estimate of drug-likeness (QED) is 0.596. The molecule has 30 heavy (non-hydrogen) atoms. The van der Waals surface area contributed by atoms with Crippen molar-refractivity contribution in [3.63, 3.8) is 0 Å². The number of benzene rings is 3. The third-order valence-electron chi connectivity index (χ3n) is 6.19. The van der Waals surface area contributed by atoms with E-state index in [4.69, 9.17) is 0 Å². The maximum Gasteiger partial charge on any atom is 0.232 e. The second-order valence-corrected chi connectivity index (χ2v) is 8.77. The molecule has 0 saturated carbocycles. The Balaban J connectivity index is 1.49. The summed E-state index contributed by atoms with van der Waals surface area (Å²) in [5, 5.41) is 3.40. The summed E-state index contributed by atoms with van der Waals surface area (Å²) in [5.41, 5.74) is 3.44. The number of carbonyl (C=O) groups excluding carboxylic acids is 1. The molecule has 0 bridgehead atoms. The number of likely N-dealkylation sites (N-methyl/N-ethyl adjacent to an activating group) is 1. The molecule has 1 aliphatic rings. The number of carbonyl (C=O) groups is 1. The minimum atomic E-state index is -0.276. The fourth-order valence-electron chi connectivity index (χ4n) is 4.79. The predicted octanol–water partition coefficient (Wildman–Crippen LogP) is 4.74. The van der Waals surface area contributed by atoms with Crippen molar-refractivity contribution in [3.05, 3.63) is 108 Å². The van der Waals surface area contributed by atoms with Gasteiger partial charge in [-0.3, -0.25) is 4.79 Å². The number of hydrogen-bond donors (Lipinski definition) is 1. The first kappa shape index (κ1) is 20.4. The van der Waals surface area contributed by atoms with E-state index in [1.165, 1.54) is 5.56 Å². The van der Waals surface area contributed by atoms with Crippen molar-refractivity contribution < 1.29 is 9.28 Å². The Morgan fingerprint density at radius 2 is 1.43 bits per heavy atom. The van der Waals surface area contributed by atoms with Gasteiger partial charge in [0.1, 0.15) is 6.54 Å². The number of rotatable bonds is 6. The van der Waals surface area contributed by atoms with E-state index in [2.05, 4.69) is 42.7 Å². The van der Waals surface area contributed by atoms with Gasteiger partial charge in [-0.1, -0.05) is 91.0 Å². The molecular weight excluding hydrogens is 368 g/mol. The van der Waals surface area contributed by atoms with Crippen molar-refractivity contribution in [2.45, 2.75) is 31.3 Å². The van der Waals surface area contributed by atoms with Gasteiger partial charge in [0, 0.05) is 5.56 Å². The summed E-state index contributed by atoms with van der Waals surface area (Å²) < 4.78 is 0.969. The molecule has 3 nitrogen and oxygen atoms in total. The number of piperidine rings is 1. The fourth-order valence-corrected chi connectivity index (χ4v) is 4.79. The van der Waals surface area contributed by atoms with E-state index in [-0.39, 0.29) is 17.9 Å². The zero-order valence-corrected chi connectivity index (χ0v) is 17.7. The van der Waals surface area contributed by atoms with Gasteiger partial charge in [0.2, 0.25) is 5.91 Å². The van der Waals surface area contributed by atoms with Gasteiger partial charge < -0.3 is 9.80 Å². The summed E-state index contributed by atoms with van der Waals surface area (Å²) in [6, 6.07) is 31.1. The highest BCUT2D eigenvalue weighted by atomic mass is 16.2. The van der Waals surface area contributed by atoms with E-state index < -0.39 is 0 Å². The standard InChI is InChI=1S/C27H30N2O/c1-29(20-22-12-5-2-6-13-22)19-11-18-25(21-29)28-27(30)26(23-14-7-3-8-15-23)24-16-9-4-10-17-24/h2-10,12-17,25-26H,11,18-21H2,1H3/p+1/t25?,29-/m1/s1. The van der Waals surface area contributed by atoms with Gasteiger partial charge >= 0.3 is 0 Å². The lowest BCUT2D eigenvalue weighted by molar-refractivity contribution is -0.927. The number of amides is 1. The molecule has 0 radical (unpaired) electrons. The molecule has 1 heterocycles. The maximum absolute atomic E-state index is 13.5. The summed E-state index contributed by atoms with van der Waals surface area (Å²) >= 11 is 0. The number of nitrogens with one attached hydrogen (secondary N) is 1. The molecule has 3 heteroatoms. The Hall–Kier alpha value is -2.91. The summed E-state index contributed by atoms with van der Waals surface area (Å²) in [5.74, 6) is -0.173. The third-order valence-corrected chi connectivity index (χ3v) is 6.19. The van der Waals surface area contributed by atoms with Crippen LogP contribution in [-0.4, -0.2) is 36.6 Å². The van der Waals surface area contributed by atoms with Gasteiger partial charge in [0.25, 0.3) is 0 Å². The summed E-state index contributed by atoms with van der Waals surface area (Å²) in [4.78, 5) is 13.5. The molecule has 0 spiro atoms. The lowest BCUT2D eigenvalue weighted by atomic mass is 9.90. The van der Waals surface area contributed by atoms with E-state index in [0.717, 1.165) is 48.1 Å². The van der Waals surface area contributed by atoms with E-state index in [1.54, 1.807) is 0 Å². The third kappa shape index (κ3) is 4.98. The topological polar surface area (TPSA) is 29.1 Å². The Morgan fingerprint density at radius 1 is 0.900 bits per heavy atom. The van der Waals surface area contributed by atoms with E-state index in [9.17, 15) is 4.79 Å². The molecular formula is C27H31N2O+. The van der Waals surface area contributed by atoms with Crippen LogP contribution < -0.4 is 5.32 Å². The number of quaternary nitrogens is 1. The van der Waals surface area contributed by atoms with Crippen LogP contribution in [0.1, 0.15) is 35.4 Å². The molecule has 154 valence electrons. The van der Waals surface area contributed by atoms with Crippen LogP contribution >= 0.6 is 0 Å². The molecule has 2 atom stereocenters. The molecule has 4 rings (SSSR count). The zero-order valence-electron chi connectivity index (χ0n) is 17.7. The summed E-state index contributed by atoms with van der Waals surface area (Å²) in [7, 11) is 2.32. The highest BCUT2D eigenvalue weighted by molar-refractivity contribution is 5.87. The van der Waals surface area contributed by atoms with Crippen LogP contribution in [0.5, 0.6) is 0 Å². The normalized spacial score (nSPS) is 21.3. The van der Waals surface area contributed by atoms with Gasteiger partial charge in [0.05, 0.1) is 32.1 Å². The number of nitrogens with zero attached hydrogens (tertiary/aromatic N) is 1. The minimum Gasteiger partial charge on any atom is -0.347 e. The van der Waals surface area contributed by atoms with Crippen molar-refractivity contribution in [2.75, 3.05) is 20.1 Å². The summed E-state index contributed by atoms with van der Waals surface area (Å²) in [6.45, 7) is 3.13. The first-order valence-corrected chi connectivity index (χ1v) is 10.9. The lowest BCUT2D eigenvalue weighted by Gasteiger charge is -2.42. The predicted molar refractivity (Wildman–Crippen MR) is 122 cm³/mol. The van der Waals surface area contributed by atoms with Gasteiger partial charge in [-0.25, -0.2) is 0 Å². The van der Waals surface area contributed by atoms with Crippen molar-refractivity contribution >= 4 is 5.91 Å². The molecule has 1 amide bonds. The van der Waals surface area contributed by atoms with Crippen molar-refractivity contribution in [1.29, 1.82) is 0 Å². The van der Waals surface area contributed by atoms with Crippen molar-refractivity contribution in [3.8, 4) is 0 Å². The lowest BCUT2D eigenvalue weighted by Crippen LogP contribution is -2.57. The Kier molecular flexibility index (Phi) is 6.29. The Labute approximate surface area is 180 Å². The smallest absolute Gasteiger partial charge is 0.232 e. The second-order valence-electron chi connectivity index (χ2n) is 8.77. The van der Waals surface area contributed by atoms with E-state index >= 15 is 0 Å². The van der Waals surface area contributed by atoms with Gasteiger partial charge in [-0.05, 0) is 24.0 Å². The number of hydrogen-bond acceptors (Lipinski definition) is 1. The molecule has 1 fully saturated rings. The first-order valence-electron chi connectivity index (χ1n) is 10.9. The maximum atomic E-state index is 13.5. The highest BCUT2D eigenvalue weighted by Gasteiger charge is 2.34. The van der Waals surface area contributed by atoms with Crippen LogP contribution in [0.2, 0.25) is 0 Å². The first-order chi connectivity index (χ1) is 14.6. The number of likely N-dealkylation sites (tertiary alicyclic amines) is 1. The SMILES string of the molecule is C[N@+]1(Cc2ccccc2)CCCC(NC(=O)C(c2ccccc2)c2ccccc2)C1. The van der Waals surface area contributed by atoms with Gasteiger partial charge in [0.15, 0.2) is 0 Å². The average Bonchev–Trinajstić information content (AvgIpc) is 2.76. The molecule has 0 aliphatic carbocycles. The summed E-state index contributed by atoms with van der Waals surface area (Å²) in [6.07, 6.45) is 2.18. The molecule has 3 aromatic carbocycles. The van der Waals surface area contributed by atoms with Crippen LogP contribution in [0.3, 0.4) is 0 Å². The van der Waals surface area contributed by atoms with Crippen LogP contribution in [0.15, 0.2) is 91.0 Å².